The largest absolute Gasteiger partial charge is 0.308 e. The Balaban J connectivity index is 2.67. The summed E-state index contributed by atoms with van der Waals surface area (Å²) >= 11 is 0. The van der Waals surface area contributed by atoms with Crippen LogP contribution in [0.25, 0.3) is 0 Å². The first-order valence-electron chi connectivity index (χ1n) is 5.92. The summed E-state index contributed by atoms with van der Waals surface area (Å²) in [5.74, 6) is -0.316. The van der Waals surface area contributed by atoms with Crippen LogP contribution < -0.4 is 5.32 Å². The average molecular weight is 234 g/mol. The topological polar surface area (TPSA) is 35.8 Å². The standard InChI is InChI=1S/C14H19FN2/c1-4-7-14(2,3)17-10-12-6-5-11(9-16)8-13(12)15/h5-6,8,17H,4,7,10H2,1-3H3. The van der Waals surface area contributed by atoms with Crippen LogP contribution in [0.3, 0.4) is 0 Å². The van der Waals surface area contributed by atoms with Crippen LogP contribution in [-0.2, 0) is 6.54 Å². The lowest BCUT2D eigenvalue weighted by molar-refractivity contribution is 0.354. The molecule has 0 fully saturated rings. The van der Waals surface area contributed by atoms with Gasteiger partial charge in [-0.1, -0.05) is 19.4 Å². The minimum atomic E-state index is -0.316. The molecular formula is C14H19FN2. The molecule has 0 atom stereocenters. The van der Waals surface area contributed by atoms with E-state index in [2.05, 4.69) is 26.1 Å². The van der Waals surface area contributed by atoms with Crippen LogP contribution in [0.5, 0.6) is 0 Å². The Morgan fingerprint density at radius 2 is 2.12 bits per heavy atom. The van der Waals surface area contributed by atoms with E-state index >= 15 is 0 Å². The molecule has 0 saturated carbocycles. The van der Waals surface area contributed by atoms with Gasteiger partial charge in [0.25, 0.3) is 0 Å². The highest BCUT2D eigenvalue weighted by molar-refractivity contribution is 5.32. The Hall–Kier alpha value is -1.40. The summed E-state index contributed by atoms with van der Waals surface area (Å²) in [6.45, 7) is 6.84. The second-order valence-corrected chi connectivity index (χ2v) is 4.91. The first-order valence-corrected chi connectivity index (χ1v) is 5.92. The molecule has 0 bridgehead atoms. The highest BCUT2D eigenvalue weighted by Crippen LogP contribution is 2.14. The van der Waals surface area contributed by atoms with Gasteiger partial charge in [-0.2, -0.15) is 5.26 Å². The average Bonchev–Trinajstić information content (AvgIpc) is 2.27. The zero-order chi connectivity index (χ0) is 12.9. The Labute approximate surface area is 102 Å². The SMILES string of the molecule is CCCC(C)(C)NCc1ccc(C#N)cc1F. The number of benzene rings is 1. The fourth-order valence-electron chi connectivity index (χ4n) is 1.81. The van der Waals surface area contributed by atoms with Crippen molar-refractivity contribution in [2.45, 2.75) is 45.7 Å². The van der Waals surface area contributed by atoms with E-state index in [0.717, 1.165) is 12.8 Å². The number of hydrogen-bond donors (Lipinski definition) is 1. The molecule has 17 heavy (non-hydrogen) atoms. The van der Waals surface area contributed by atoms with Crippen molar-refractivity contribution in [1.82, 2.24) is 5.32 Å². The molecule has 0 spiro atoms. The molecule has 1 aromatic rings. The van der Waals surface area contributed by atoms with Crippen molar-refractivity contribution < 1.29 is 4.39 Å². The Bertz CT molecular complexity index is 419. The summed E-state index contributed by atoms with van der Waals surface area (Å²) in [7, 11) is 0. The summed E-state index contributed by atoms with van der Waals surface area (Å²) in [4.78, 5) is 0. The molecule has 1 rings (SSSR count). The van der Waals surface area contributed by atoms with Crippen LogP contribution in [0.4, 0.5) is 4.39 Å². The van der Waals surface area contributed by atoms with Crippen LogP contribution in [0.2, 0.25) is 0 Å². The summed E-state index contributed by atoms with van der Waals surface area (Å²) in [5, 5.41) is 12.0. The highest BCUT2D eigenvalue weighted by atomic mass is 19.1. The second-order valence-electron chi connectivity index (χ2n) is 4.91. The van der Waals surface area contributed by atoms with Gasteiger partial charge in [-0.15, -0.1) is 0 Å². The van der Waals surface area contributed by atoms with Crippen molar-refractivity contribution in [1.29, 1.82) is 5.26 Å². The molecule has 0 heterocycles. The highest BCUT2D eigenvalue weighted by Gasteiger charge is 2.16. The Morgan fingerprint density at radius 1 is 1.41 bits per heavy atom. The summed E-state index contributed by atoms with van der Waals surface area (Å²) < 4.78 is 13.6. The lowest BCUT2D eigenvalue weighted by Crippen LogP contribution is -2.38. The van der Waals surface area contributed by atoms with Crippen LogP contribution >= 0.6 is 0 Å². The number of nitrogens with zero attached hydrogens (tertiary/aromatic N) is 1. The number of nitriles is 1. The van der Waals surface area contributed by atoms with Gasteiger partial charge in [-0.3, -0.25) is 0 Å². The quantitative estimate of drug-likeness (QED) is 0.848. The number of rotatable bonds is 5. The van der Waals surface area contributed by atoms with E-state index in [4.69, 9.17) is 5.26 Å². The van der Waals surface area contributed by atoms with Crippen LogP contribution in [0.15, 0.2) is 18.2 Å². The van der Waals surface area contributed by atoms with Crippen molar-refractivity contribution in [2.24, 2.45) is 0 Å². The molecule has 0 aliphatic carbocycles. The fraction of sp³-hybridized carbons (Fsp3) is 0.500. The Kier molecular flexibility index (Phi) is 4.65. The van der Waals surface area contributed by atoms with Gasteiger partial charge in [0.2, 0.25) is 0 Å². The number of halogens is 1. The molecular weight excluding hydrogens is 215 g/mol. The van der Waals surface area contributed by atoms with Gasteiger partial charge < -0.3 is 5.32 Å². The van der Waals surface area contributed by atoms with Gasteiger partial charge in [0.05, 0.1) is 11.6 Å². The number of nitrogens with one attached hydrogen (secondary N) is 1. The van der Waals surface area contributed by atoms with E-state index in [1.807, 2.05) is 6.07 Å². The first kappa shape index (κ1) is 13.7. The lowest BCUT2D eigenvalue weighted by Gasteiger charge is -2.26. The van der Waals surface area contributed by atoms with Crippen molar-refractivity contribution >= 4 is 0 Å². The monoisotopic (exact) mass is 234 g/mol. The van der Waals surface area contributed by atoms with Gasteiger partial charge >= 0.3 is 0 Å². The molecule has 0 saturated heterocycles. The molecule has 1 N–H and O–H groups in total. The molecule has 0 radical (unpaired) electrons. The maximum atomic E-state index is 13.6. The predicted octanol–water partition coefficient (Wildman–Crippen LogP) is 3.37. The molecule has 0 aromatic heterocycles. The maximum absolute atomic E-state index is 13.6. The van der Waals surface area contributed by atoms with Crippen LogP contribution in [0.1, 0.15) is 44.7 Å². The minimum absolute atomic E-state index is 0.00902. The summed E-state index contributed by atoms with van der Waals surface area (Å²) in [5.41, 5.74) is 0.974. The first-order chi connectivity index (χ1) is 7.98. The smallest absolute Gasteiger partial charge is 0.129 e. The minimum Gasteiger partial charge on any atom is -0.308 e. The molecule has 0 aliphatic rings. The van der Waals surface area contributed by atoms with E-state index in [9.17, 15) is 4.39 Å². The molecule has 92 valence electrons. The van der Waals surface area contributed by atoms with Crippen molar-refractivity contribution in [3.63, 3.8) is 0 Å². The third kappa shape index (κ3) is 4.16. The fourth-order valence-corrected chi connectivity index (χ4v) is 1.81. The van der Waals surface area contributed by atoms with E-state index in [1.165, 1.54) is 6.07 Å². The Morgan fingerprint density at radius 3 is 2.65 bits per heavy atom. The van der Waals surface area contributed by atoms with Crippen LogP contribution in [0, 0.1) is 17.1 Å². The third-order valence-electron chi connectivity index (χ3n) is 2.81. The zero-order valence-corrected chi connectivity index (χ0v) is 10.7. The van der Waals surface area contributed by atoms with Gasteiger partial charge in [-0.25, -0.2) is 4.39 Å². The van der Waals surface area contributed by atoms with E-state index in [1.54, 1.807) is 12.1 Å². The van der Waals surface area contributed by atoms with Crippen molar-refractivity contribution in [3.8, 4) is 6.07 Å². The number of hydrogen-bond acceptors (Lipinski definition) is 2. The van der Waals surface area contributed by atoms with Gasteiger partial charge in [0.1, 0.15) is 5.82 Å². The maximum Gasteiger partial charge on any atom is 0.129 e. The zero-order valence-electron chi connectivity index (χ0n) is 10.7. The summed E-state index contributed by atoms with van der Waals surface area (Å²) in [6.07, 6.45) is 2.14. The van der Waals surface area contributed by atoms with Gasteiger partial charge in [-0.05, 0) is 32.4 Å². The van der Waals surface area contributed by atoms with Gasteiger partial charge in [0, 0.05) is 17.6 Å². The molecule has 3 heteroatoms. The van der Waals surface area contributed by atoms with E-state index in [0.29, 0.717) is 17.7 Å². The molecule has 0 unspecified atom stereocenters. The van der Waals surface area contributed by atoms with Crippen molar-refractivity contribution in [2.75, 3.05) is 0 Å². The van der Waals surface area contributed by atoms with Crippen LogP contribution in [-0.4, -0.2) is 5.54 Å². The normalized spacial score (nSPS) is 11.2. The predicted molar refractivity (Wildman–Crippen MR) is 66.9 cm³/mol. The molecule has 0 aliphatic heterocycles. The second kappa shape index (κ2) is 5.79. The van der Waals surface area contributed by atoms with Crippen molar-refractivity contribution in [3.05, 3.63) is 35.1 Å². The van der Waals surface area contributed by atoms with E-state index in [-0.39, 0.29) is 11.4 Å². The third-order valence-corrected chi connectivity index (χ3v) is 2.81. The lowest BCUT2D eigenvalue weighted by atomic mass is 9.98. The molecule has 0 amide bonds. The molecule has 1 aromatic carbocycles. The van der Waals surface area contributed by atoms with Gasteiger partial charge in [0.15, 0.2) is 0 Å². The molecule has 2 nitrogen and oxygen atoms in total. The van der Waals surface area contributed by atoms with E-state index < -0.39 is 0 Å². The summed E-state index contributed by atoms with van der Waals surface area (Å²) in [6, 6.07) is 6.52.